The van der Waals surface area contributed by atoms with Crippen LogP contribution in [0, 0.1) is 0 Å². The summed E-state index contributed by atoms with van der Waals surface area (Å²) in [5.41, 5.74) is 3.92. The van der Waals surface area contributed by atoms with Crippen molar-refractivity contribution >= 4 is 12.1 Å². The average molecular weight is 392 g/mol. The number of carbonyl (C=O) groups excluding carboxylic acids is 1. The van der Waals surface area contributed by atoms with E-state index >= 15 is 0 Å². The molecule has 0 spiro atoms. The topological polar surface area (TPSA) is 75.6 Å². The fourth-order valence-electron chi connectivity index (χ4n) is 3.56. The van der Waals surface area contributed by atoms with Crippen LogP contribution >= 0.6 is 0 Å². The Bertz CT molecular complexity index is 1220. The summed E-state index contributed by atoms with van der Waals surface area (Å²) in [5.74, 6) is -1.62. The molecule has 0 fully saturated rings. The van der Waals surface area contributed by atoms with Crippen molar-refractivity contribution in [2.24, 2.45) is 0 Å². The summed E-state index contributed by atoms with van der Waals surface area (Å²) in [7, 11) is 0. The molecule has 1 amide bonds. The lowest BCUT2D eigenvalue weighted by Gasteiger charge is -2.17. The van der Waals surface area contributed by atoms with Gasteiger partial charge in [0, 0.05) is 12.3 Å². The maximum absolute atomic E-state index is 12.5. The SMILES string of the molecule is [2H]c1c([2H])c([2H])c(C[C@@H](NC(=O)OCC2c3ccccc3-c3ccccc32)C(=O)O)c([2H])c1[2H]. The van der Waals surface area contributed by atoms with Gasteiger partial charge < -0.3 is 15.2 Å². The zero-order valence-corrected chi connectivity index (χ0v) is 15.4. The number of amides is 1. The molecule has 0 saturated carbocycles. The lowest BCUT2D eigenvalue weighted by Crippen LogP contribution is -2.42. The summed E-state index contributed by atoms with van der Waals surface area (Å²) in [5, 5.41) is 11.8. The van der Waals surface area contributed by atoms with E-state index < -0.39 is 54.7 Å². The van der Waals surface area contributed by atoms with E-state index in [1.54, 1.807) is 0 Å². The summed E-state index contributed by atoms with van der Waals surface area (Å²) in [6, 6.07) is 11.3. The first-order chi connectivity index (χ1) is 16.2. The average Bonchev–Trinajstić information content (AvgIpc) is 3.15. The van der Waals surface area contributed by atoms with E-state index in [0.29, 0.717) is 0 Å². The second-order valence-corrected chi connectivity index (χ2v) is 6.67. The molecule has 0 unspecified atom stereocenters. The van der Waals surface area contributed by atoms with E-state index in [2.05, 4.69) is 5.32 Å². The van der Waals surface area contributed by atoms with Gasteiger partial charge in [0.05, 0.1) is 6.85 Å². The number of aliphatic carboxylic acids is 1. The predicted molar refractivity (Wildman–Crippen MR) is 110 cm³/mol. The molecule has 0 heterocycles. The first-order valence-corrected chi connectivity index (χ1v) is 9.10. The lowest BCUT2D eigenvalue weighted by molar-refractivity contribution is -0.139. The van der Waals surface area contributed by atoms with E-state index in [4.69, 9.17) is 11.6 Å². The Kier molecular flexibility index (Phi) is 3.83. The Morgan fingerprint density at radius 3 is 2.17 bits per heavy atom. The van der Waals surface area contributed by atoms with Gasteiger partial charge in [0.15, 0.2) is 0 Å². The number of hydrogen-bond donors (Lipinski definition) is 2. The van der Waals surface area contributed by atoms with Gasteiger partial charge in [-0.25, -0.2) is 9.59 Å². The highest BCUT2D eigenvalue weighted by molar-refractivity contribution is 5.81. The molecule has 5 heteroatoms. The number of rotatable bonds is 6. The van der Waals surface area contributed by atoms with Gasteiger partial charge >= 0.3 is 12.1 Å². The van der Waals surface area contributed by atoms with Gasteiger partial charge in [-0.15, -0.1) is 0 Å². The Balaban J connectivity index is 1.49. The second-order valence-electron chi connectivity index (χ2n) is 6.67. The Morgan fingerprint density at radius 1 is 1.00 bits per heavy atom. The minimum Gasteiger partial charge on any atom is -0.480 e. The van der Waals surface area contributed by atoms with Crippen molar-refractivity contribution < 1.29 is 26.3 Å². The molecule has 0 radical (unpaired) electrons. The molecule has 3 aromatic rings. The molecular formula is C24H21NO4. The maximum atomic E-state index is 12.5. The summed E-state index contributed by atoms with van der Waals surface area (Å²) in [6.07, 6.45) is -1.46. The molecular weight excluding hydrogens is 366 g/mol. The van der Waals surface area contributed by atoms with Crippen molar-refractivity contribution in [3.8, 4) is 11.1 Å². The van der Waals surface area contributed by atoms with E-state index in [1.807, 2.05) is 48.5 Å². The fraction of sp³-hybridized carbons (Fsp3) is 0.167. The van der Waals surface area contributed by atoms with Gasteiger partial charge in [-0.3, -0.25) is 0 Å². The van der Waals surface area contributed by atoms with E-state index in [1.165, 1.54) is 0 Å². The molecule has 2 N–H and O–H groups in total. The second kappa shape index (κ2) is 8.19. The number of benzene rings is 3. The lowest BCUT2D eigenvalue weighted by atomic mass is 9.98. The molecule has 4 rings (SSSR count). The number of carboxylic acids is 1. The van der Waals surface area contributed by atoms with Crippen LogP contribution in [0.15, 0.2) is 78.7 Å². The fourth-order valence-corrected chi connectivity index (χ4v) is 3.56. The van der Waals surface area contributed by atoms with Crippen molar-refractivity contribution in [1.29, 1.82) is 0 Å². The van der Waals surface area contributed by atoms with Crippen molar-refractivity contribution in [1.82, 2.24) is 5.32 Å². The van der Waals surface area contributed by atoms with Crippen molar-refractivity contribution in [2.75, 3.05) is 6.61 Å². The largest absolute Gasteiger partial charge is 0.480 e. The molecule has 29 heavy (non-hydrogen) atoms. The van der Waals surface area contributed by atoms with Crippen LogP contribution in [0.1, 0.15) is 29.5 Å². The van der Waals surface area contributed by atoms with E-state index in [9.17, 15) is 14.7 Å². The molecule has 0 aliphatic heterocycles. The van der Waals surface area contributed by atoms with Gasteiger partial charge in [-0.2, -0.15) is 0 Å². The van der Waals surface area contributed by atoms with Crippen LogP contribution in [0.3, 0.4) is 0 Å². The third kappa shape index (κ3) is 3.99. The Labute approximate surface area is 176 Å². The number of ether oxygens (including phenoxy) is 1. The van der Waals surface area contributed by atoms with Gasteiger partial charge in [0.2, 0.25) is 0 Å². The predicted octanol–water partition coefficient (Wildman–Crippen LogP) is 4.22. The third-order valence-electron chi connectivity index (χ3n) is 4.89. The van der Waals surface area contributed by atoms with Crippen LogP contribution in [0.5, 0.6) is 0 Å². The number of hydrogen-bond acceptors (Lipinski definition) is 3. The van der Waals surface area contributed by atoms with E-state index in [-0.39, 0.29) is 18.1 Å². The molecule has 0 bridgehead atoms. The third-order valence-corrected chi connectivity index (χ3v) is 4.89. The first kappa shape index (κ1) is 13.6. The van der Waals surface area contributed by atoms with Crippen molar-refractivity contribution in [2.45, 2.75) is 18.4 Å². The summed E-state index contributed by atoms with van der Waals surface area (Å²) in [6.45, 7) is -0.0130. The Hall–Kier alpha value is -3.60. The maximum Gasteiger partial charge on any atom is 0.407 e. The van der Waals surface area contributed by atoms with Crippen LogP contribution in [-0.4, -0.2) is 29.8 Å². The van der Waals surface area contributed by atoms with Gasteiger partial charge in [0.25, 0.3) is 0 Å². The van der Waals surface area contributed by atoms with E-state index in [0.717, 1.165) is 22.3 Å². The van der Waals surface area contributed by atoms with Crippen LogP contribution in [0.4, 0.5) is 4.79 Å². The highest BCUT2D eigenvalue weighted by Gasteiger charge is 2.29. The highest BCUT2D eigenvalue weighted by atomic mass is 16.5. The molecule has 0 aromatic heterocycles. The van der Waals surface area contributed by atoms with Crippen LogP contribution in [0.25, 0.3) is 11.1 Å². The van der Waals surface area contributed by atoms with Crippen molar-refractivity contribution in [3.05, 3.63) is 95.4 Å². The number of alkyl carbamates (subject to hydrolysis) is 1. The summed E-state index contributed by atoms with van der Waals surface area (Å²) < 4.78 is 44.5. The molecule has 1 aliphatic carbocycles. The number of fused-ring (bicyclic) bond motifs is 3. The minimum atomic E-state index is -1.54. The summed E-state index contributed by atoms with van der Waals surface area (Å²) in [4.78, 5) is 24.3. The van der Waals surface area contributed by atoms with Gasteiger partial charge in [-0.05, 0) is 27.8 Å². The molecule has 0 saturated heterocycles. The highest BCUT2D eigenvalue weighted by Crippen LogP contribution is 2.44. The molecule has 146 valence electrons. The molecule has 1 atom stereocenters. The molecule has 1 aliphatic rings. The quantitative estimate of drug-likeness (QED) is 0.659. The summed E-state index contributed by atoms with van der Waals surface area (Å²) >= 11 is 0. The minimum absolute atomic E-state index is 0.0130. The monoisotopic (exact) mass is 392 g/mol. The normalized spacial score (nSPS) is 15.7. The zero-order valence-electron chi connectivity index (χ0n) is 20.4. The van der Waals surface area contributed by atoms with Crippen LogP contribution in [0.2, 0.25) is 0 Å². The molecule has 5 nitrogen and oxygen atoms in total. The van der Waals surface area contributed by atoms with Gasteiger partial charge in [-0.1, -0.05) is 78.7 Å². The number of carboxylic acid groups (broad SMARTS) is 1. The van der Waals surface area contributed by atoms with Gasteiger partial charge in [0.1, 0.15) is 12.6 Å². The van der Waals surface area contributed by atoms with Crippen LogP contribution in [-0.2, 0) is 16.0 Å². The first-order valence-electron chi connectivity index (χ1n) is 11.6. The number of nitrogens with one attached hydrogen (secondary N) is 1. The standard InChI is InChI=1S/C24H21NO4/c26-23(27)22(14-16-8-2-1-3-9-16)25-24(28)29-15-21-19-12-6-4-10-17(19)18-11-5-7-13-20(18)21/h1-13,21-22H,14-15H2,(H,25,28)(H,26,27)/t22-/m1/s1/i1D,2D,3D,8D,9D. The molecule has 3 aromatic carbocycles. The van der Waals surface area contributed by atoms with Crippen LogP contribution < -0.4 is 5.32 Å². The zero-order chi connectivity index (χ0) is 24.6. The Morgan fingerprint density at radius 2 is 1.59 bits per heavy atom. The van der Waals surface area contributed by atoms with Crippen molar-refractivity contribution in [3.63, 3.8) is 0 Å². The number of carbonyl (C=O) groups is 2. The smallest absolute Gasteiger partial charge is 0.407 e.